The highest BCUT2D eigenvalue weighted by Crippen LogP contribution is 2.32. The Morgan fingerprint density at radius 2 is 1.58 bits per heavy atom. The number of carbonyl (C=O) groups excluding carboxylic acids is 1. The van der Waals surface area contributed by atoms with Crippen LogP contribution in [-0.4, -0.2) is 26.3 Å². The van der Waals surface area contributed by atoms with E-state index < -0.39 is 0 Å². The average Bonchev–Trinajstić information content (AvgIpc) is 3.16. The van der Waals surface area contributed by atoms with Crippen LogP contribution < -0.4 is 5.32 Å². The molecule has 5 nitrogen and oxygen atoms in total. The third-order valence-electron chi connectivity index (χ3n) is 5.76. The Hall–Kier alpha value is -2.86. The van der Waals surface area contributed by atoms with Crippen LogP contribution in [0.1, 0.15) is 59.1 Å². The maximum absolute atomic E-state index is 12.8. The van der Waals surface area contributed by atoms with Gasteiger partial charge in [0, 0.05) is 17.9 Å². The Morgan fingerprint density at radius 1 is 0.909 bits per heavy atom. The molecular weight excluding hydrogens is 428 g/mol. The van der Waals surface area contributed by atoms with E-state index in [1.54, 1.807) is 11.8 Å². The molecule has 0 radical (unpaired) electrons. The minimum Gasteiger partial charge on any atom is -0.326 e. The number of nitrogens with zero attached hydrogens (tertiary/aromatic N) is 3. The Balaban J connectivity index is 1.47. The van der Waals surface area contributed by atoms with Gasteiger partial charge in [0.1, 0.15) is 0 Å². The molecule has 0 aliphatic carbocycles. The van der Waals surface area contributed by atoms with Gasteiger partial charge in [-0.25, -0.2) is 0 Å². The molecule has 6 heteroatoms. The first-order chi connectivity index (χ1) is 15.5. The minimum absolute atomic E-state index is 0.00657. The second-order valence-corrected chi connectivity index (χ2v) is 11.6. The first-order valence-corrected chi connectivity index (χ1v) is 12.3. The number of fused-ring (bicyclic) bond motifs is 3. The van der Waals surface area contributed by atoms with Gasteiger partial charge in [-0.1, -0.05) is 77.6 Å². The highest BCUT2D eigenvalue weighted by molar-refractivity contribution is 7.99. The number of rotatable bonds is 5. The molecule has 0 fully saturated rings. The number of aromatic nitrogens is 3. The highest BCUT2D eigenvalue weighted by Gasteiger charge is 2.21. The molecule has 2 heterocycles. The van der Waals surface area contributed by atoms with Crippen LogP contribution >= 0.6 is 11.8 Å². The normalized spacial score (nSPS) is 12.4. The summed E-state index contributed by atoms with van der Waals surface area (Å²) in [6, 6.07) is 18.7. The van der Waals surface area contributed by atoms with E-state index in [1.807, 2.05) is 18.2 Å². The van der Waals surface area contributed by atoms with Crippen molar-refractivity contribution in [2.24, 2.45) is 0 Å². The number of para-hydroxylation sites is 1. The molecular formula is C27H32N4OS. The van der Waals surface area contributed by atoms with Crippen molar-refractivity contribution in [2.45, 2.75) is 63.9 Å². The number of thioether (sulfide) groups is 1. The van der Waals surface area contributed by atoms with Crippen LogP contribution in [0.25, 0.3) is 16.6 Å². The lowest BCUT2D eigenvalue weighted by Gasteiger charge is -2.26. The van der Waals surface area contributed by atoms with Gasteiger partial charge in [0.15, 0.2) is 10.8 Å². The van der Waals surface area contributed by atoms with E-state index in [4.69, 9.17) is 0 Å². The van der Waals surface area contributed by atoms with Crippen LogP contribution in [-0.2, 0) is 15.6 Å². The summed E-state index contributed by atoms with van der Waals surface area (Å²) in [5.41, 5.74) is 5.21. The van der Waals surface area contributed by atoms with Gasteiger partial charge in [0.05, 0.1) is 5.52 Å². The van der Waals surface area contributed by atoms with Gasteiger partial charge in [0.25, 0.3) is 0 Å². The smallest absolute Gasteiger partial charge is 0.225 e. The van der Waals surface area contributed by atoms with Crippen LogP contribution in [0.4, 0.5) is 5.69 Å². The largest absolute Gasteiger partial charge is 0.326 e. The van der Waals surface area contributed by atoms with E-state index in [0.29, 0.717) is 12.2 Å². The van der Waals surface area contributed by atoms with Crippen molar-refractivity contribution in [3.8, 4) is 0 Å². The zero-order valence-electron chi connectivity index (χ0n) is 20.3. The summed E-state index contributed by atoms with van der Waals surface area (Å²) >= 11 is 1.55. The van der Waals surface area contributed by atoms with Gasteiger partial charge in [-0.3, -0.25) is 9.20 Å². The predicted octanol–water partition coefficient (Wildman–Crippen LogP) is 6.60. The van der Waals surface area contributed by atoms with E-state index in [0.717, 1.165) is 27.4 Å². The van der Waals surface area contributed by atoms with Crippen molar-refractivity contribution < 1.29 is 4.79 Å². The lowest BCUT2D eigenvalue weighted by Crippen LogP contribution is -2.19. The highest BCUT2D eigenvalue weighted by atomic mass is 32.2. The molecule has 0 aliphatic heterocycles. The summed E-state index contributed by atoms with van der Waals surface area (Å²) in [4.78, 5) is 12.8. The quantitative estimate of drug-likeness (QED) is 0.341. The number of benzene rings is 2. The Labute approximate surface area is 200 Å². The third kappa shape index (κ3) is 5.22. The number of pyridine rings is 1. The van der Waals surface area contributed by atoms with Gasteiger partial charge in [-0.2, -0.15) is 0 Å². The van der Waals surface area contributed by atoms with Crippen LogP contribution in [0.3, 0.4) is 0 Å². The molecule has 0 unspecified atom stereocenters. The molecule has 0 saturated carbocycles. The van der Waals surface area contributed by atoms with Crippen molar-refractivity contribution in [3.05, 3.63) is 65.7 Å². The molecule has 4 rings (SSSR count). The molecule has 0 saturated heterocycles. The van der Waals surface area contributed by atoms with Gasteiger partial charge in [-0.05, 0) is 57.7 Å². The SMILES string of the molecule is CC(C)(C)c1cc(NC(=O)CCSc2nnc3ccc4ccccc4n23)cc(C(C)(C)C)c1. The summed E-state index contributed by atoms with van der Waals surface area (Å²) in [6.45, 7) is 13.2. The fraction of sp³-hybridized carbons (Fsp3) is 0.370. The van der Waals surface area contributed by atoms with Crippen LogP contribution in [0.15, 0.2) is 59.8 Å². The van der Waals surface area contributed by atoms with Gasteiger partial charge < -0.3 is 5.32 Å². The molecule has 1 N–H and O–H groups in total. The Kier molecular flexibility index (Phi) is 6.23. The molecule has 2 aromatic heterocycles. The van der Waals surface area contributed by atoms with Crippen molar-refractivity contribution >= 4 is 39.9 Å². The van der Waals surface area contributed by atoms with Gasteiger partial charge in [0.2, 0.25) is 5.91 Å². The number of hydrogen-bond donors (Lipinski definition) is 1. The van der Waals surface area contributed by atoms with Crippen LogP contribution in [0.5, 0.6) is 0 Å². The van der Waals surface area contributed by atoms with Crippen molar-refractivity contribution in [1.29, 1.82) is 0 Å². The molecule has 1 amide bonds. The second kappa shape index (κ2) is 8.82. The minimum atomic E-state index is 0.00657. The molecule has 2 aromatic carbocycles. The maximum atomic E-state index is 12.8. The van der Waals surface area contributed by atoms with E-state index in [1.165, 1.54) is 11.1 Å². The molecule has 0 bridgehead atoms. The fourth-order valence-corrected chi connectivity index (χ4v) is 4.62. The van der Waals surface area contributed by atoms with Crippen molar-refractivity contribution in [1.82, 2.24) is 14.6 Å². The summed E-state index contributed by atoms with van der Waals surface area (Å²) in [5, 5.41) is 13.7. The van der Waals surface area contributed by atoms with Crippen molar-refractivity contribution in [3.63, 3.8) is 0 Å². The third-order valence-corrected chi connectivity index (χ3v) is 6.69. The Morgan fingerprint density at radius 3 is 2.24 bits per heavy atom. The zero-order chi connectivity index (χ0) is 23.8. The lowest BCUT2D eigenvalue weighted by molar-refractivity contribution is -0.115. The van der Waals surface area contributed by atoms with E-state index >= 15 is 0 Å². The van der Waals surface area contributed by atoms with Crippen LogP contribution in [0.2, 0.25) is 0 Å². The predicted molar refractivity (Wildman–Crippen MR) is 138 cm³/mol. The number of carbonyl (C=O) groups is 1. The first-order valence-electron chi connectivity index (χ1n) is 11.3. The summed E-state index contributed by atoms with van der Waals surface area (Å²) in [6.07, 6.45) is 0.398. The molecule has 0 atom stereocenters. The summed E-state index contributed by atoms with van der Waals surface area (Å²) < 4.78 is 2.06. The average molecular weight is 461 g/mol. The molecule has 33 heavy (non-hydrogen) atoms. The van der Waals surface area contributed by atoms with Gasteiger partial charge in [-0.15, -0.1) is 10.2 Å². The summed E-state index contributed by atoms with van der Waals surface area (Å²) in [7, 11) is 0. The number of anilines is 1. The number of nitrogens with one attached hydrogen (secondary N) is 1. The molecule has 4 aromatic rings. The monoisotopic (exact) mass is 460 g/mol. The van der Waals surface area contributed by atoms with Crippen LogP contribution in [0, 0.1) is 0 Å². The van der Waals surface area contributed by atoms with Crippen molar-refractivity contribution in [2.75, 3.05) is 11.1 Å². The van der Waals surface area contributed by atoms with Gasteiger partial charge >= 0.3 is 0 Å². The maximum Gasteiger partial charge on any atom is 0.225 e. The molecule has 172 valence electrons. The Bertz CT molecular complexity index is 1280. The standard InChI is InChI=1S/C27H32N4OS/c1-26(2,3)19-15-20(27(4,5)6)17-21(16-19)28-24(32)13-14-33-25-30-29-23-12-11-18-9-7-8-10-22(18)31(23)25/h7-12,15-17H,13-14H2,1-6H3,(H,28,32). The molecule has 0 aliphatic rings. The summed E-state index contributed by atoms with van der Waals surface area (Å²) in [5.74, 6) is 0.633. The lowest BCUT2D eigenvalue weighted by atomic mass is 9.80. The molecule has 0 spiro atoms. The van der Waals surface area contributed by atoms with E-state index in [2.05, 4.69) is 97.9 Å². The zero-order valence-corrected chi connectivity index (χ0v) is 21.1. The number of hydrogen-bond acceptors (Lipinski definition) is 4. The first kappa shape index (κ1) is 23.3. The second-order valence-electron chi connectivity index (χ2n) is 10.5. The number of amides is 1. The van der Waals surface area contributed by atoms with E-state index in [-0.39, 0.29) is 16.7 Å². The fourth-order valence-electron chi connectivity index (χ4n) is 3.73. The topological polar surface area (TPSA) is 59.3 Å². The van der Waals surface area contributed by atoms with E-state index in [9.17, 15) is 4.79 Å².